The molecule has 1 aliphatic rings. The van der Waals surface area contributed by atoms with Gasteiger partial charge in [0, 0.05) is 33.1 Å². The average molecular weight is 368 g/mol. The van der Waals surface area contributed by atoms with Crippen LogP contribution in [-0.4, -0.2) is 30.4 Å². The van der Waals surface area contributed by atoms with E-state index in [1.54, 1.807) is 7.05 Å². The Kier molecular flexibility index (Phi) is 6.16. The number of benzene rings is 1. The normalized spacial score (nSPS) is 14.8. The summed E-state index contributed by atoms with van der Waals surface area (Å²) in [7, 11) is 1.74. The van der Waals surface area contributed by atoms with E-state index in [1.807, 2.05) is 43.0 Å². The molecule has 0 saturated carbocycles. The zero-order valence-corrected chi connectivity index (χ0v) is 16.3. The highest BCUT2D eigenvalue weighted by atomic mass is 16.3. The molecule has 0 radical (unpaired) electrons. The van der Waals surface area contributed by atoms with Crippen molar-refractivity contribution in [3.05, 3.63) is 59.0 Å². The fraction of sp³-hybridized carbons (Fsp3) is 0.429. The lowest BCUT2D eigenvalue weighted by Gasteiger charge is -2.17. The minimum atomic E-state index is 0.0228. The highest BCUT2D eigenvalue weighted by Crippen LogP contribution is 2.22. The van der Waals surface area contributed by atoms with E-state index >= 15 is 0 Å². The number of aliphatic imine (C=N–C) groups is 1. The Bertz CT molecular complexity index is 787. The summed E-state index contributed by atoms with van der Waals surface area (Å²) in [5, 5.41) is 6.57. The molecule has 27 heavy (non-hydrogen) atoms. The number of rotatable bonds is 6. The van der Waals surface area contributed by atoms with E-state index in [4.69, 9.17) is 4.42 Å². The highest BCUT2D eigenvalue weighted by molar-refractivity contribution is 5.80. The lowest BCUT2D eigenvalue weighted by molar-refractivity contribution is -0.131. The number of nitrogens with zero attached hydrogens (tertiary/aromatic N) is 2. The molecule has 1 aromatic heterocycles. The van der Waals surface area contributed by atoms with Crippen LogP contribution in [0.2, 0.25) is 0 Å². The maximum atomic E-state index is 12.4. The van der Waals surface area contributed by atoms with E-state index in [-0.39, 0.29) is 11.9 Å². The van der Waals surface area contributed by atoms with E-state index in [0.29, 0.717) is 18.9 Å². The van der Waals surface area contributed by atoms with Gasteiger partial charge < -0.3 is 20.0 Å². The topological polar surface area (TPSA) is 69.9 Å². The number of amides is 1. The van der Waals surface area contributed by atoms with Crippen LogP contribution in [0.3, 0.4) is 0 Å². The summed E-state index contributed by atoms with van der Waals surface area (Å²) in [5.74, 6) is 2.68. The summed E-state index contributed by atoms with van der Waals surface area (Å²) in [5.41, 5.74) is 2.52. The quantitative estimate of drug-likeness (QED) is 0.467. The number of hydrogen-bond donors (Lipinski definition) is 2. The molecule has 2 aromatic rings. The second kappa shape index (κ2) is 8.75. The Morgan fingerprint density at radius 3 is 2.52 bits per heavy atom. The van der Waals surface area contributed by atoms with Crippen LogP contribution in [0.1, 0.15) is 48.5 Å². The molecule has 1 unspecified atom stereocenters. The Labute approximate surface area is 160 Å². The minimum absolute atomic E-state index is 0.0228. The number of carbonyl (C=O) groups is 1. The number of furan rings is 1. The van der Waals surface area contributed by atoms with Gasteiger partial charge in [0.1, 0.15) is 11.5 Å². The second-order valence-electron chi connectivity index (χ2n) is 6.94. The third kappa shape index (κ3) is 4.90. The van der Waals surface area contributed by atoms with Gasteiger partial charge in [0.25, 0.3) is 0 Å². The van der Waals surface area contributed by atoms with Crippen molar-refractivity contribution in [2.24, 2.45) is 4.99 Å². The first-order valence-electron chi connectivity index (χ1n) is 9.45. The molecule has 2 N–H and O–H groups in total. The highest BCUT2D eigenvalue weighted by Gasteiger charge is 2.22. The van der Waals surface area contributed by atoms with Crippen molar-refractivity contribution >= 4 is 11.9 Å². The van der Waals surface area contributed by atoms with E-state index in [9.17, 15) is 4.79 Å². The van der Waals surface area contributed by atoms with E-state index in [2.05, 4.69) is 27.8 Å². The van der Waals surface area contributed by atoms with E-state index in [1.165, 1.54) is 11.1 Å². The number of hydrogen-bond acceptors (Lipinski definition) is 3. The van der Waals surface area contributed by atoms with Crippen LogP contribution in [0.5, 0.6) is 0 Å². The van der Waals surface area contributed by atoms with Gasteiger partial charge in [0.2, 0.25) is 5.91 Å². The molecule has 6 heteroatoms. The molecule has 144 valence electrons. The van der Waals surface area contributed by atoms with Crippen LogP contribution in [-0.2, 0) is 17.9 Å². The largest absolute Gasteiger partial charge is 0.464 e. The lowest BCUT2D eigenvalue weighted by Crippen LogP contribution is -2.39. The molecular weight excluding hydrogens is 340 g/mol. The van der Waals surface area contributed by atoms with Gasteiger partial charge >= 0.3 is 0 Å². The van der Waals surface area contributed by atoms with Crippen molar-refractivity contribution in [2.75, 3.05) is 13.6 Å². The van der Waals surface area contributed by atoms with Gasteiger partial charge in [-0.25, -0.2) is 0 Å². The Balaban J connectivity index is 1.38. The van der Waals surface area contributed by atoms with Gasteiger partial charge in [0.05, 0.1) is 6.04 Å². The van der Waals surface area contributed by atoms with Crippen molar-refractivity contribution in [3.8, 4) is 0 Å². The molecule has 0 saturated heterocycles. The van der Waals surface area contributed by atoms with Crippen LogP contribution in [0.15, 0.2) is 45.8 Å². The second-order valence-corrected chi connectivity index (χ2v) is 6.94. The van der Waals surface area contributed by atoms with Gasteiger partial charge in [-0.2, -0.15) is 0 Å². The van der Waals surface area contributed by atoms with Gasteiger partial charge in [-0.05, 0) is 43.5 Å². The number of guanidine groups is 1. The first-order chi connectivity index (χ1) is 13.1. The maximum Gasteiger partial charge on any atom is 0.223 e. The number of carbonyl (C=O) groups excluding carboxylic acids is 1. The Morgan fingerprint density at radius 1 is 1.22 bits per heavy atom. The third-order valence-electron chi connectivity index (χ3n) is 4.82. The van der Waals surface area contributed by atoms with Crippen LogP contribution in [0, 0.1) is 6.92 Å². The standard InChI is InChI=1S/C21H28N4O2/c1-15-10-11-19(27-15)16(2)24-21(22-3)23-12-6-9-20(26)25-13-17-7-4-5-8-18(17)14-25/h4-5,7-8,10-11,16H,6,9,12-14H2,1-3H3,(H2,22,23,24). The molecule has 0 bridgehead atoms. The molecule has 0 aliphatic carbocycles. The molecular formula is C21H28N4O2. The molecule has 3 rings (SSSR count). The Morgan fingerprint density at radius 2 is 1.93 bits per heavy atom. The lowest BCUT2D eigenvalue weighted by atomic mass is 10.1. The van der Waals surface area contributed by atoms with Crippen molar-refractivity contribution in [2.45, 2.75) is 45.8 Å². The van der Waals surface area contributed by atoms with E-state index < -0.39 is 0 Å². The molecule has 0 fully saturated rings. The zero-order valence-electron chi connectivity index (χ0n) is 16.3. The molecule has 1 aromatic carbocycles. The molecule has 0 spiro atoms. The summed E-state index contributed by atoms with van der Waals surface area (Å²) in [6, 6.07) is 12.2. The Hall–Kier alpha value is -2.76. The van der Waals surface area contributed by atoms with Crippen LogP contribution in [0.4, 0.5) is 0 Å². The van der Waals surface area contributed by atoms with E-state index in [0.717, 1.165) is 31.0 Å². The predicted octanol–water partition coefficient (Wildman–Crippen LogP) is 3.14. The summed E-state index contributed by atoms with van der Waals surface area (Å²) < 4.78 is 5.64. The smallest absolute Gasteiger partial charge is 0.223 e. The molecule has 2 heterocycles. The predicted molar refractivity (Wildman–Crippen MR) is 106 cm³/mol. The fourth-order valence-corrected chi connectivity index (χ4v) is 3.27. The van der Waals surface area contributed by atoms with Crippen molar-refractivity contribution in [1.82, 2.24) is 15.5 Å². The van der Waals surface area contributed by atoms with Crippen LogP contribution < -0.4 is 10.6 Å². The number of fused-ring (bicyclic) bond motifs is 1. The first kappa shape index (κ1) is 19.0. The molecule has 6 nitrogen and oxygen atoms in total. The van der Waals surface area contributed by atoms with Gasteiger partial charge in [-0.1, -0.05) is 24.3 Å². The molecule has 1 aliphatic heterocycles. The summed E-state index contributed by atoms with van der Waals surface area (Å²) >= 11 is 0. The van der Waals surface area contributed by atoms with Crippen LogP contribution >= 0.6 is 0 Å². The van der Waals surface area contributed by atoms with Crippen molar-refractivity contribution in [1.29, 1.82) is 0 Å². The number of nitrogens with one attached hydrogen (secondary N) is 2. The average Bonchev–Trinajstić information content (AvgIpc) is 3.30. The maximum absolute atomic E-state index is 12.4. The number of aryl methyl sites for hydroxylation is 1. The van der Waals surface area contributed by atoms with Crippen molar-refractivity contribution in [3.63, 3.8) is 0 Å². The van der Waals surface area contributed by atoms with Crippen LogP contribution in [0.25, 0.3) is 0 Å². The third-order valence-corrected chi connectivity index (χ3v) is 4.82. The molecule has 1 atom stereocenters. The minimum Gasteiger partial charge on any atom is -0.464 e. The first-order valence-corrected chi connectivity index (χ1v) is 9.45. The fourth-order valence-electron chi connectivity index (χ4n) is 3.27. The van der Waals surface area contributed by atoms with Gasteiger partial charge in [0.15, 0.2) is 5.96 Å². The summed E-state index contributed by atoms with van der Waals surface area (Å²) in [6.07, 6.45) is 1.30. The zero-order chi connectivity index (χ0) is 19.2. The monoisotopic (exact) mass is 368 g/mol. The van der Waals surface area contributed by atoms with Crippen molar-refractivity contribution < 1.29 is 9.21 Å². The summed E-state index contributed by atoms with van der Waals surface area (Å²) in [4.78, 5) is 18.6. The van der Waals surface area contributed by atoms with Gasteiger partial charge in [-0.3, -0.25) is 9.79 Å². The SMILES string of the molecule is CN=C(NCCCC(=O)N1Cc2ccccc2C1)NC(C)c1ccc(C)o1. The summed E-state index contributed by atoms with van der Waals surface area (Å²) in [6.45, 7) is 6.10. The van der Waals surface area contributed by atoms with Gasteiger partial charge in [-0.15, -0.1) is 0 Å². The molecule has 1 amide bonds.